The highest BCUT2D eigenvalue weighted by atomic mass is 16.6. The SMILES string of the molecule is CCOC(=O)N1C2CCC1CC(CCO)C2. The summed E-state index contributed by atoms with van der Waals surface area (Å²) in [5.74, 6) is 0.591. The predicted molar refractivity (Wildman–Crippen MR) is 60.1 cm³/mol. The van der Waals surface area contributed by atoms with Crippen molar-refractivity contribution in [1.82, 2.24) is 4.90 Å². The van der Waals surface area contributed by atoms with Crippen molar-refractivity contribution in [3.05, 3.63) is 0 Å². The second-order valence-electron chi connectivity index (χ2n) is 4.84. The molecule has 0 aromatic carbocycles. The van der Waals surface area contributed by atoms with Crippen LogP contribution in [0, 0.1) is 5.92 Å². The molecular weight excluding hydrogens is 206 g/mol. The Balaban J connectivity index is 1.96. The number of aliphatic hydroxyl groups excluding tert-OH is 1. The predicted octanol–water partition coefficient (Wildman–Crippen LogP) is 1.77. The average molecular weight is 227 g/mol. The standard InChI is InChI=1S/C12H21NO3/c1-2-16-12(15)13-10-3-4-11(13)8-9(7-10)5-6-14/h9-11,14H,2-8H2,1H3. The minimum Gasteiger partial charge on any atom is -0.450 e. The summed E-state index contributed by atoms with van der Waals surface area (Å²) in [5, 5.41) is 8.97. The van der Waals surface area contributed by atoms with Crippen LogP contribution in [0.5, 0.6) is 0 Å². The zero-order valence-electron chi connectivity index (χ0n) is 9.89. The second-order valence-corrected chi connectivity index (χ2v) is 4.84. The summed E-state index contributed by atoms with van der Waals surface area (Å²) >= 11 is 0. The Hall–Kier alpha value is -0.770. The van der Waals surface area contributed by atoms with Gasteiger partial charge < -0.3 is 14.7 Å². The molecule has 0 saturated carbocycles. The van der Waals surface area contributed by atoms with Crippen LogP contribution in [-0.2, 0) is 4.74 Å². The van der Waals surface area contributed by atoms with Crippen molar-refractivity contribution < 1.29 is 14.6 Å². The van der Waals surface area contributed by atoms with E-state index in [4.69, 9.17) is 9.84 Å². The van der Waals surface area contributed by atoms with E-state index in [9.17, 15) is 4.79 Å². The minimum absolute atomic E-state index is 0.141. The highest BCUT2D eigenvalue weighted by molar-refractivity contribution is 5.69. The third-order valence-corrected chi connectivity index (χ3v) is 3.85. The van der Waals surface area contributed by atoms with Crippen molar-refractivity contribution in [2.75, 3.05) is 13.2 Å². The van der Waals surface area contributed by atoms with Gasteiger partial charge in [0.1, 0.15) is 0 Å². The summed E-state index contributed by atoms with van der Waals surface area (Å²) in [4.78, 5) is 13.7. The highest BCUT2D eigenvalue weighted by Crippen LogP contribution is 2.40. The maximum atomic E-state index is 11.8. The molecule has 2 atom stereocenters. The number of ether oxygens (including phenoxy) is 1. The molecule has 2 heterocycles. The number of amides is 1. The first-order valence-corrected chi connectivity index (χ1v) is 6.32. The average Bonchev–Trinajstić information content (AvgIpc) is 2.52. The summed E-state index contributed by atoms with van der Waals surface area (Å²) in [6.45, 7) is 2.57. The van der Waals surface area contributed by atoms with Gasteiger partial charge in [-0.25, -0.2) is 4.79 Å². The van der Waals surface area contributed by atoms with E-state index in [1.165, 1.54) is 0 Å². The van der Waals surface area contributed by atoms with Crippen molar-refractivity contribution in [3.8, 4) is 0 Å². The monoisotopic (exact) mass is 227 g/mol. The van der Waals surface area contributed by atoms with Gasteiger partial charge in [0.25, 0.3) is 0 Å². The largest absolute Gasteiger partial charge is 0.450 e. The van der Waals surface area contributed by atoms with E-state index < -0.39 is 0 Å². The Kier molecular flexibility index (Phi) is 3.69. The Labute approximate surface area is 96.6 Å². The van der Waals surface area contributed by atoms with Gasteiger partial charge in [-0.1, -0.05) is 0 Å². The van der Waals surface area contributed by atoms with Crippen molar-refractivity contribution in [1.29, 1.82) is 0 Å². The van der Waals surface area contributed by atoms with E-state index in [0.717, 1.165) is 32.1 Å². The number of rotatable bonds is 3. The molecule has 0 aromatic heterocycles. The Morgan fingerprint density at radius 1 is 1.38 bits per heavy atom. The zero-order chi connectivity index (χ0) is 11.5. The molecule has 2 fully saturated rings. The Morgan fingerprint density at radius 2 is 2.00 bits per heavy atom. The first kappa shape index (κ1) is 11.7. The van der Waals surface area contributed by atoms with Gasteiger partial charge in [-0.05, 0) is 44.9 Å². The lowest BCUT2D eigenvalue weighted by atomic mass is 9.89. The quantitative estimate of drug-likeness (QED) is 0.799. The summed E-state index contributed by atoms with van der Waals surface area (Å²) in [7, 11) is 0. The summed E-state index contributed by atoms with van der Waals surface area (Å²) < 4.78 is 5.09. The van der Waals surface area contributed by atoms with Crippen LogP contribution in [0.15, 0.2) is 0 Å². The molecule has 1 N–H and O–H groups in total. The molecule has 0 spiro atoms. The lowest BCUT2D eigenvalue weighted by Crippen LogP contribution is -2.46. The summed E-state index contributed by atoms with van der Waals surface area (Å²) in [6, 6.07) is 0.712. The van der Waals surface area contributed by atoms with Crippen LogP contribution in [0.2, 0.25) is 0 Å². The molecule has 4 heteroatoms. The number of piperidine rings is 1. The van der Waals surface area contributed by atoms with Crippen molar-refractivity contribution in [2.24, 2.45) is 5.92 Å². The number of hydrogen-bond acceptors (Lipinski definition) is 3. The van der Waals surface area contributed by atoms with Crippen LogP contribution in [0.3, 0.4) is 0 Å². The lowest BCUT2D eigenvalue weighted by Gasteiger charge is -2.38. The highest BCUT2D eigenvalue weighted by Gasteiger charge is 2.43. The number of aliphatic hydroxyl groups is 1. The molecule has 2 unspecified atom stereocenters. The maximum Gasteiger partial charge on any atom is 0.410 e. The van der Waals surface area contributed by atoms with Gasteiger partial charge in [-0.3, -0.25) is 0 Å². The molecule has 1 amide bonds. The van der Waals surface area contributed by atoms with Crippen LogP contribution in [0.4, 0.5) is 4.79 Å². The second kappa shape index (κ2) is 5.04. The van der Waals surface area contributed by atoms with E-state index in [2.05, 4.69) is 0 Å². The number of carbonyl (C=O) groups is 1. The number of nitrogens with zero attached hydrogens (tertiary/aromatic N) is 1. The normalized spacial score (nSPS) is 32.9. The van der Waals surface area contributed by atoms with Crippen molar-refractivity contribution >= 4 is 6.09 Å². The number of hydrogen-bond donors (Lipinski definition) is 1. The van der Waals surface area contributed by atoms with Crippen LogP contribution in [-0.4, -0.2) is 41.4 Å². The van der Waals surface area contributed by atoms with Crippen molar-refractivity contribution in [3.63, 3.8) is 0 Å². The first-order chi connectivity index (χ1) is 7.76. The Morgan fingerprint density at radius 3 is 2.50 bits per heavy atom. The fourth-order valence-electron chi connectivity index (χ4n) is 3.20. The minimum atomic E-state index is -0.141. The molecular formula is C12H21NO3. The van der Waals surface area contributed by atoms with E-state index in [-0.39, 0.29) is 12.7 Å². The van der Waals surface area contributed by atoms with E-state index in [0.29, 0.717) is 24.6 Å². The third kappa shape index (κ3) is 2.17. The maximum absolute atomic E-state index is 11.8. The smallest absolute Gasteiger partial charge is 0.410 e. The third-order valence-electron chi connectivity index (χ3n) is 3.85. The molecule has 0 aromatic rings. The van der Waals surface area contributed by atoms with Gasteiger partial charge in [-0.15, -0.1) is 0 Å². The number of fused-ring (bicyclic) bond motifs is 2. The van der Waals surface area contributed by atoms with E-state index in [1.54, 1.807) is 0 Å². The molecule has 2 aliphatic heterocycles. The summed E-state index contributed by atoms with van der Waals surface area (Å²) in [5.41, 5.74) is 0. The molecule has 92 valence electrons. The van der Waals surface area contributed by atoms with Crippen LogP contribution in [0.25, 0.3) is 0 Å². The van der Waals surface area contributed by atoms with Gasteiger partial charge in [0.2, 0.25) is 0 Å². The molecule has 16 heavy (non-hydrogen) atoms. The summed E-state index contributed by atoms with van der Waals surface area (Å²) in [6.07, 6.45) is 5.02. The van der Waals surface area contributed by atoms with Gasteiger partial charge in [-0.2, -0.15) is 0 Å². The van der Waals surface area contributed by atoms with Crippen molar-refractivity contribution in [2.45, 2.75) is 51.1 Å². The fourth-order valence-corrected chi connectivity index (χ4v) is 3.20. The van der Waals surface area contributed by atoms with Crippen LogP contribution >= 0.6 is 0 Å². The molecule has 2 saturated heterocycles. The van der Waals surface area contributed by atoms with Gasteiger partial charge >= 0.3 is 6.09 Å². The molecule has 0 aliphatic carbocycles. The number of carbonyl (C=O) groups excluding carboxylic acids is 1. The van der Waals surface area contributed by atoms with Crippen LogP contribution in [0.1, 0.15) is 39.0 Å². The van der Waals surface area contributed by atoms with Crippen LogP contribution < -0.4 is 0 Å². The molecule has 0 radical (unpaired) electrons. The zero-order valence-corrected chi connectivity index (χ0v) is 9.89. The van der Waals surface area contributed by atoms with E-state index in [1.807, 2.05) is 11.8 Å². The lowest BCUT2D eigenvalue weighted by molar-refractivity contribution is 0.0563. The molecule has 2 aliphatic rings. The van der Waals surface area contributed by atoms with Gasteiger partial charge in [0.05, 0.1) is 6.61 Å². The van der Waals surface area contributed by atoms with Gasteiger partial charge in [0, 0.05) is 18.7 Å². The fraction of sp³-hybridized carbons (Fsp3) is 0.917. The topological polar surface area (TPSA) is 49.8 Å². The molecule has 2 bridgehead atoms. The molecule has 4 nitrogen and oxygen atoms in total. The molecule has 2 rings (SSSR count). The first-order valence-electron chi connectivity index (χ1n) is 6.32. The van der Waals surface area contributed by atoms with Gasteiger partial charge in [0.15, 0.2) is 0 Å². The Bertz CT molecular complexity index is 243. The van der Waals surface area contributed by atoms with E-state index >= 15 is 0 Å².